The largest absolute Gasteiger partial charge is 1.00 e. The molecule has 23 heteroatoms. The zero-order valence-electron chi connectivity index (χ0n) is 38.3. The van der Waals surface area contributed by atoms with Crippen LogP contribution >= 0.6 is 0 Å². The van der Waals surface area contributed by atoms with Crippen molar-refractivity contribution in [2.45, 2.75) is 22.3 Å². The molecule has 390 valence electrons. The Labute approximate surface area is 379 Å². The van der Waals surface area contributed by atoms with Crippen molar-refractivity contribution in [2.24, 2.45) is 11.5 Å². The van der Waals surface area contributed by atoms with Gasteiger partial charge in [0.15, 0.2) is 0 Å². The number of nitrogens with two attached hydrogens (primary N) is 2. The maximum Gasteiger partial charge on any atom is 1.00 e. The van der Waals surface area contributed by atoms with Gasteiger partial charge in [-0.1, -0.05) is 22.3 Å². The average Bonchev–Trinajstić information content (AvgIpc) is 3.28. The van der Waals surface area contributed by atoms with Crippen molar-refractivity contribution in [1.82, 2.24) is 21.3 Å². The molecule has 23 nitrogen and oxygen atoms in total. The van der Waals surface area contributed by atoms with E-state index in [1.165, 1.54) is 0 Å². The maximum absolute atomic E-state index is 9.47. The first-order valence-electron chi connectivity index (χ1n) is 19.0. The van der Waals surface area contributed by atoms with Gasteiger partial charge in [0, 0.05) is 88.8 Å². The summed E-state index contributed by atoms with van der Waals surface area (Å²) in [5, 5.41) is 50.5. The first kappa shape index (κ1) is 87.5. The topological polar surface area (TPSA) is 348 Å². The number of carbonyl (C=O) groups is 1. The summed E-state index contributed by atoms with van der Waals surface area (Å²) in [6, 6.07) is 0. The number of nitrogens with zero attached hydrogens (tertiary/aromatic N) is 2. The van der Waals surface area contributed by atoms with Crippen molar-refractivity contribution >= 4 is 6.29 Å². The molecular weight excluding hydrogens is 824 g/mol. The maximum atomic E-state index is 9.47. The Morgan fingerprint density at radius 1 is 0.629 bits per heavy atom. The molecule has 15 N–H and O–H groups in total. The fourth-order valence-corrected chi connectivity index (χ4v) is 3.10. The Kier molecular flexibility index (Phi) is 145. The molecule has 0 radical (unpaired) electrons. The summed E-state index contributed by atoms with van der Waals surface area (Å²) >= 11 is 0. The van der Waals surface area contributed by atoms with Crippen LogP contribution in [0.15, 0.2) is 0 Å². The monoisotopic (exact) mass is 929 g/mol. The second kappa shape index (κ2) is 103. The van der Waals surface area contributed by atoms with Crippen molar-refractivity contribution in [2.75, 3.05) is 227 Å². The van der Waals surface area contributed by atoms with Gasteiger partial charge in [-0.2, -0.15) is 0 Å². The van der Waals surface area contributed by atoms with Gasteiger partial charge in [-0.25, -0.2) is 0 Å². The number of ether oxygens (including phenoxy) is 9. The molecule has 0 atom stereocenters. The Morgan fingerprint density at radius 2 is 0.984 bits per heavy atom. The summed E-state index contributed by atoms with van der Waals surface area (Å²) in [7, 11) is 8.03. The molecule has 0 amide bonds. The average molecular weight is 929 g/mol. The molecule has 0 spiro atoms. The molecule has 3 heterocycles. The standard InChI is InChI=1S/C7H15NO2.C5H11NO.C4H11NO2.C4H9NO.C4H10O3.C4H8O3.C3H9NO.C3H8O2.CH4O.CO.3CH4.H3N.H2/c1-9-5-2-8-3-6-10-7-4-8;1-6-2-4-7-5-3-6;5-1-3-7-4-2-6;1-3-6-4-2-5-1;2*5-1-3-7-4-2-6;2*1-5-3-2-4;2*1-2;;;;;/h2-7H2,1H3;2-5H2,1H3;6H,1-5H2;5H,1-4H2;5-6H,1-4H2;1,6H,2-4H2;2-4H2,1H3;4H,2-3H2,1H3;2H,1H3;;3*1H4;1H3;1H/p+2. The van der Waals surface area contributed by atoms with Crippen molar-refractivity contribution in [3.8, 4) is 0 Å². The van der Waals surface area contributed by atoms with E-state index < -0.39 is 0 Å². The smallest absolute Gasteiger partial charge is 0.369 e. The van der Waals surface area contributed by atoms with Gasteiger partial charge in [-0.3, -0.25) is 4.90 Å². The summed E-state index contributed by atoms with van der Waals surface area (Å²) in [5.41, 5.74) is 10.1. The number of methoxy groups -OCH3 is 3. The number of hydrogen-bond acceptors (Lipinski definition) is 21. The molecule has 3 aliphatic rings. The number of hydrogen-bond donors (Lipinski definition) is 10. The van der Waals surface area contributed by atoms with Crippen LogP contribution in [-0.4, -0.2) is 273 Å². The van der Waals surface area contributed by atoms with E-state index in [4.69, 9.17) is 70.4 Å². The van der Waals surface area contributed by atoms with E-state index in [1.807, 2.05) is 0 Å². The molecule has 0 aromatic heterocycles. The molecule has 0 unspecified atom stereocenters. The predicted octanol–water partition coefficient (Wildman–Crippen LogP) is -1.91. The zero-order chi connectivity index (χ0) is 45.4. The summed E-state index contributed by atoms with van der Waals surface area (Å²) < 4.78 is 50.7. The number of carbonyl (C=O) groups excluding carboxylic acids is 1. The Hall–Kier alpha value is -1.43. The van der Waals surface area contributed by atoms with E-state index in [2.05, 4.69) is 47.8 Å². The molecule has 3 aliphatic heterocycles. The van der Waals surface area contributed by atoms with Crippen LogP contribution in [0.25, 0.3) is 0 Å². The molecule has 0 aromatic carbocycles. The van der Waals surface area contributed by atoms with Crippen molar-refractivity contribution in [1.29, 1.82) is 0 Å². The van der Waals surface area contributed by atoms with Crippen molar-refractivity contribution in [3.05, 3.63) is 6.65 Å². The number of aliphatic hydroxyl groups excluding tert-OH is 6. The summed E-state index contributed by atoms with van der Waals surface area (Å²) in [6.07, 6.45) is 0.648. The molecular formula is C39H104N6O17+2. The summed E-state index contributed by atoms with van der Waals surface area (Å²) in [6.45, 7) is 22.5. The number of rotatable bonds is 19. The number of nitrogens with one attached hydrogen (secondary N) is 1. The molecule has 0 aromatic rings. The third-order valence-electron chi connectivity index (χ3n) is 5.80. The molecule has 3 saturated heterocycles. The van der Waals surface area contributed by atoms with Crippen LogP contribution < -0.4 is 22.9 Å². The minimum atomic E-state index is -0.0200. The molecule has 62 heavy (non-hydrogen) atoms. The van der Waals surface area contributed by atoms with Gasteiger partial charge in [0.2, 0.25) is 0 Å². The Bertz CT molecular complexity index is 607. The minimum absolute atomic E-state index is 0. The SMILES string of the molecule is C.C.C.C1COCCN1.CN1CCOCC1.CO.COCCN.COCCN1CCOCC1.COCCO.NCCOCCO.O=CCOCCO.OCCOCCO.[C-]#[O+].[H+].[HH].[NH4+]. The number of quaternary nitrogens is 1. The summed E-state index contributed by atoms with van der Waals surface area (Å²) in [5.74, 6) is 0. The molecule has 3 fully saturated rings. The molecule has 0 saturated carbocycles. The normalized spacial score (nSPS) is 13.2. The van der Waals surface area contributed by atoms with Gasteiger partial charge >= 0.3 is 12.7 Å². The Balaban J connectivity index is -0.0000000415. The second-order valence-electron chi connectivity index (χ2n) is 10.4. The minimum Gasteiger partial charge on any atom is -0.369 e. The summed E-state index contributed by atoms with van der Waals surface area (Å²) in [4.78, 5) is 14.1. The van der Waals surface area contributed by atoms with Gasteiger partial charge in [-0.15, -0.1) is 0 Å². The fourth-order valence-electron chi connectivity index (χ4n) is 3.10. The van der Waals surface area contributed by atoms with Gasteiger partial charge in [0.25, 0.3) is 0 Å². The first-order chi connectivity index (χ1) is 28.4. The van der Waals surface area contributed by atoms with Crippen LogP contribution in [0.1, 0.15) is 25.1 Å². The Morgan fingerprint density at radius 3 is 1.23 bits per heavy atom. The van der Waals surface area contributed by atoms with E-state index in [9.17, 15) is 4.79 Å². The third kappa shape index (κ3) is 118. The van der Waals surface area contributed by atoms with E-state index in [0.29, 0.717) is 59.0 Å². The van der Waals surface area contributed by atoms with Gasteiger partial charge in [0.05, 0.1) is 126 Å². The second-order valence-corrected chi connectivity index (χ2v) is 10.4. The van der Waals surface area contributed by atoms with Crippen LogP contribution in [0.3, 0.4) is 0 Å². The zero-order valence-corrected chi connectivity index (χ0v) is 37.3. The van der Waals surface area contributed by atoms with E-state index >= 15 is 0 Å². The number of aldehydes is 1. The van der Waals surface area contributed by atoms with Gasteiger partial charge in [-0.05, 0) is 7.05 Å². The fraction of sp³-hybridized carbons (Fsp3) is 0.949. The van der Waals surface area contributed by atoms with Crippen LogP contribution in [0.2, 0.25) is 0 Å². The van der Waals surface area contributed by atoms with Crippen molar-refractivity contribution < 1.29 is 85.6 Å². The first-order valence-corrected chi connectivity index (χ1v) is 19.0. The van der Waals surface area contributed by atoms with Crippen LogP contribution in [0.5, 0.6) is 0 Å². The van der Waals surface area contributed by atoms with Crippen LogP contribution in [0.4, 0.5) is 0 Å². The molecule has 3 rings (SSSR count). The predicted molar refractivity (Wildman–Crippen MR) is 248 cm³/mol. The molecule has 0 aliphatic carbocycles. The van der Waals surface area contributed by atoms with E-state index in [0.717, 1.165) is 99.2 Å². The van der Waals surface area contributed by atoms with Crippen LogP contribution in [0, 0.1) is 6.65 Å². The third-order valence-corrected chi connectivity index (χ3v) is 5.80. The molecule has 0 bridgehead atoms. The quantitative estimate of drug-likeness (QED) is 0.0292. The number of likely N-dealkylation sites (N-methyl/N-ethyl adjacent to an activating group) is 1. The van der Waals surface area contributed by atoms with Gasteiger partial charge in [0.1, 0.15) is 12.9 Å². The van der Waals surface area contributed by atoms with Gasteiger partial charge < -0.3 is 106 Å². The van der Waals surface area contributed by atoms with E-state index in [1.54, 1.807) is 21.3 Å². The van der Waals surface area contributed by atoms with Crippen LogP contribution in [-0.2, 0) is 52.1 Å². The number of morpholine rings is 3. The van der Waals surface area contributed by atoms with Crippen molar-refractivity contribution in [3.63, 3.8) is 0 Å². The van der Waals surface area contributed by atoms with E-state index in [-0.39, 0.29) is 77.5 Å². The number of aliphatic hydroxyl groups is 6.